The van der Waals surface area contributed by atoms with Crippen molar-refractivity contribution >= 4 is 46.2 Å². The molecule has 38 heavy (non-hydrogen) atoms. The predicted molar refractivity (Wildman–Crippen MR) is 178 cm³/mol. The molecule has 0 nitrogen and oxygen atoms in total. The van der Waals surface area contributed by atoms with E-state index in [-0.39, 0.29) is 0 Å². The molecule has 0 fully saturated rings. The first kappa shape index (κ1) is 29.5. The van der Waals surface area contributed by atoms with E-state index in [1.165, 1.54) is 64.1 Å². The highest BCUT2D eigenvalue weighted by atomic mass is 32.2. The Morgan fingerprint density at radius 1 is 0.658 bits per heavy atom. The van der Waals surface area contributed by atoms with E-state index in [2.05, 4.69) is 116 Å². The molecule has 0 aliphatic carbocycles. The molecule has 0 spiro atoms. The molecule has 0 saturated heterocycles. The Labute approximate surface area is 247 Å². The van der Waals surface area contributed by atoms with Crippen LogP contribution in [0, 0.1) is 13.8 Å². The molecule has 0 N–H and O–H groups in total. The van der Waals surface area contributed by atoms with Gasteiger partial charge in [0.15, 0.2) is 0 Å². The molecule has 2 heterocycles. The second-order valence-corrected chi connectivity index (χ2v) is 16.5. The molecule has 0 aliphatic rings. The summed E-state index contributed by atoms with van der Waals surface area (Å²) in [5.74, 6) is 0.970. The minimum absolute atomic E-state index is 0.475. The van der Waals surface area contributed by atoms with Crippen LogP contribution >= 0.6 is 46.2 Å². The van der Waals surface area contributed by atoms with Gasteiger partial charge in [-0.25, -0.2) is 0 Å². The molecule has 2 aromatic heterocycles. The fourth-order valence-electron chi connectivity index (χ4n) is 4.96. The Morgan fingerprint density at radius 3 is 1.84 bits per heavy atom. The number of thioether (sulfide) groups is 2. The lowest BCUT2D eigenvalue weighted by molar-refractivity contribution is 0.858. The van der Waals surface area contributed by atoms with Crippen LogP contribution in [0.3, 0.4) is 0 Å². The van der Waals surface area contributed by atoms with E-state index in [9.17, 15) is 0 Å². The quantitative estimate of drug-likeness (QED) is 0.181. The van der Waals surface area contributed by atoms with Crippen LogP contribution in [0.15, 0.2) is 56.9 Å². The summed E-state index contributed by atoms with van der Waals surface area (Å²) in [6, 6.07) is 13.6. The Balaban J connectivity index is 2.25. The minimum Gasteiger partial charge on any atom is -0.148 e. The zero-order valence-corrected chi connectivity index (χ0v) is 27.8. The maximum absolute atomic E-state index is 2.55. The monoisotopic (exact) mass is 578 g/mol. The van der Waals surface area contributed by atoms with Gasteiger partial charge in [-0.2, -0.15) is 0 Å². The van der Waals surface area contributed by atoms with Crippen LogP contribution in [0.5, 0.6) is 0 Å². The molecule has 0 saturated carbocycles. The summed E-state index contributed by atoms with van der Waals surface area (Å²) < 4.78 is 0. The van der Waals surface area contributed by atoms with Gasteiger partial charge < -0.3 is 0 Å². The average molecular weight is 579 g/mol. The summed E-state index contributed by atoms with van der Waals surface area (Å²) in [5, 5.41) is 5.80. The Hall–Kier alpha value is -1.46. The fraction of sp³-hybridized carbons (Fsp3) is 0.412. The summed E-state index contributed by atoms with van der Waals surface area (Å²) in [4.78, 5) is 5.75. The SMILES string of the molecule is Cc1scc(-c2c(SC(C)C)c(-c3c(C(C)C)csc3C(C)C)cc(SC(C)C)c2-c2ccccc2)c1C. The van der Waals surface area contributed by atoms with Crippen molar-refractivity contribution in [2.45, 2.75) is 101 Å². The first-order chi connectivity index (χ1) is 18.0. The lowest BCUT2D eigenvalue weighted by Gasteiger charge is -2.26. The molecule has 4 rings (SSSR count). The zero-order chi connectivity index (χ0) is 27.7. The van der Waals surface area contributed by atoms with Crippen LogP contribution in [-0.4, -0.2) is 10.5 Å². The van der Waals surface area contributed by atoms with Crippen molar-refractivity contribution in [2.24, 2.45) is 0 Å². The number of hydrogen-bond donors (Lipinski definition) is 0. The number of aryl methyl sites for hydroxylation is 1. The number of thiophene rings is 2. The zero-order valence-electron chi connectivity index (χ0n) is 24.6. The molecule has 0 bridgehead atoms. The van der Waals surface area contributed by atoms with Gasteiger partial charge in [0.1, 0.15) is 0 Å². The Bertz CT molecular complexity index is 1360. The number of hydrogen-bond acceptors (Lipinski definition) is 4. The van der Waals surface area contributed by atoms with E-state index in [0.29, 0.717) is 22.3 Å². The number of benzene rings is 2. The van der Waals surface area contributed by atoms with E-state index in [4.69, 9.17) is 0 Å². The van der Waals surface area contributed by atoms with Crippen LogP contribution in [0.1, 0.15) is 88.1 Å². The van der Waals surface area contributed by atoms with Crippen LogP contribution in [0.2, 0.25) is 0 Å². The van der Waals surface area contributed by atoms with Crippen molar-refractivity contribution in [2.75, 3.05) is 0 Å². The third kappa shape index (κ3) is 5.99. The summed E-state index contributed by atoms with van der Waals surface area (Å²) in [5.41, 5.74) is 11.3. The van der Waals surface area contributed by atoms with Gasteiger partial charge in [0.05, 0.1) is 0 Å². The van der Waals surface area contributed by atoms with Crippen molar-refractivity contribution in [1.29, 1.82) is 0 Å². The molecule has 202 valence electrons. The summed E-state index contributed by atoms with van der Waals surface area (Å²) in [6.07, 6.45) is 0. The van der Waals surface area contributed by atoms with Gasteiger partial charge in [0.25, 0.3) is 0 Å². The standard InChI is InChI=1S/C34H42S4/c1-19(2)27-17-36-33(20(3)4)31(27)26-16-29(37-21(5)6)30(25-14-12-11-13-15-25)32(34(26)38-22(7)8)28-18-35-24(10)23(28)9/h11-22H,1-10H3. The molecule has 2 aromatic carbocycles. The van der Waals surface area contributed by atoms with Crippen molar-refractivity contribution in [1.82, 2.24) is 0 Å². The van der Waals surface area contributed by atoms with Gasteiger partial charge in [-0.3, -0.25) is 0 Å². The van der Waals surface area contributed by atoms with Gasteiger partial charge in [0.2, 0.25) is 0 Å². The lowest BCUT2D eigenvalue weighted by atomic mass is 9.87. The maximum Gasteiger partial charge on any atom is 0.0239 e. The van der Waals surface area contributed by atoms with Crippen molar-refractivity contribution in [3.8, 4) is 33.4 Å². The molecular weight excluding hydrogens is 537 g/mol. The van der Waals surface area contributed by atoms with E-state index < -0.39 is 0 Å². The second-order valence-electron chi connectivity index (χ2n) is 11.3. The molecule has 0 atom stereocenters. The first-order valence-electron chi connectivity index (χ1n) is 13.8. The highest BCUT2D eigenvalue weighted by Crippen LogP contribution is 2.54. The van der Waals surface area contributed by atoms with Gasteiger partial charge in [-0.15, -0.1) is 46.2 Å². The molecule has 0 aliphatic heterocycles. The van der Waals surface area contributed by atoms with Gasteiger partial charge >= 0.3 is 0 Å². The Morgan fingerprint density at radius 2 is 1.32 bits per heavy atom. The van der Waals surface area contributed by atoms with Gasteiger partial charge in [0, 0.05) is 46.7 Å². The van der Waals surface area contributed by atoms with E-state index in [1.807, 2.05) is 46.2 Å². The van der Waals surface area contributed by atoms with Crippen LogP contribution in [0.4, 0.5) is 0 Å². The third-order valence-electron chi connectivity index (χ3n) is 6.84. The molecule has 4 aromatic rings. The summed E-state index contributed by atoms with van der Waals surface area (Å²) in [7, 11) is 0. The van der Waals surface area contributed by atoms with E-state index in [1.54, 1.807) is 0 Å². The predicted octanol–water partition coefficient (Wildman–Crippen LogP) is 12.7. The largest absolute Gasteiger partial charge is 0.148 e. The van der Waals surface area contributed by atoms with Gasteiger partial charge in [-0.05, 0) is 70.3 Å². The first-order valence-corrected chi connectivity index (χ1v) is 17.3. The smallest absolute Gasteiger partial charge is 0.0239 e. The van der Waals surface area contributed by atoms with E-state index in [0.717, 1.165) is 0 Å². The van der Waals surface area contributed by atoms with Crippen molar-refractivity contribution in [3.63, 3.8) is 0 Å². The topological polar surface area (TPSA) is 0 Å². The lowest BCUT2D eigenvalue weighted by Crippen LogP contribution is -2.02. The third-order valence-corrected chi connectivity index (χ3v) is 11.3. The molecule has 0 amide bonds. The maximum atomic E-state index is 2.55. The summed E-state index contributed by atoms with van der Waals surface area (Å²) >= 11 is 7.88. The number of rotatable bonds is 9. The fourth-order valence-corrected chi connectivity index (χ4v) is 9.22. The molecule has 0 radical (unpaired) electrons. The van der Waals surface area contributed by atoms with Crippen LogP contribution in [-0.2, 0) is 0 Å². The average Bonchev–Trinajstić information content (AvgIpc) is 3.43. The molecular formula is C34H42S4. The Kier molecular flexibility index (Phi) is 9.61. The van der Waals surface area contributed by atoms with Gasteiger partial charge in [-0.1, -0.05) is 85.7 Å². The summed E-state index contributed by atoms with van der Waals surface area (Å²) in [6.45, 7) is 23.3. The highest BCUT2D eigenvalue weighted by Gasteiger charge is 2.28. The highest BCUT2D eigenvalue weighted by molar-refractivity contribution is 8.00. The van der Waals surface area contributed by atoms with Crippen molar-refractivity contribution in [3.05, 3.63) is 68.0 Å². The molecule has 4 heteroatoms. The minimum atomic E-state index is 0.475. The van der Waals surface area contributed by atoms with E-state index >= 15 is 0 Å². The normalized spacial score (nSPS) is 12.1. The van der Waals surface area contributed by atoms with Crippen LogP contribution in [0.25, 0.3) is 33.4 Å². The molecule has 0 unspecified atom stereocenters. The van der Waals surface area contributed by atoms with Crippen molar-refractivity contribution < 1.29 is 0 Å². The second kappa shape index (κ2) is 12.4. The van der Waals surface area contributed by atoms with Crippen LogP contribution < -0.4 is 0 Å².